The molecule has 0 amide bonds. The van der Waals surface area contributed by atoms with Crippen LogP contribution in [0.15, 0.2) is 42.7 Å². The number of amidine groups is 1. The Labute approximate surface area is 122 Å². The number of nitrogens with two attached hydrogens (primary N) is 1. The first-order valence-corrected chi connectivity index (χ1v) is 6.56. The smallest absolute Gasteiger partial charge is 0.162 e. The molecule has 21 heavy (non-hydrogen) atoms. The third kappa shape index (κ3) is 2.20. The molecule has 0 saturated carbocycles. The molecule has 1 aromatic carbocycles. The normalized spacial score (nSPS) is 10.8. The summed E-state index contributed by atoms with van der Waals surface area (Å²) < 4.78 is 3.40. The fourth-order valence-electron chi connectivity index (χ4n) is 2.44. The number of nitrogens with one attached hydrogen (secondary N) is 1. The van der Waals surface area contributed by atoms with Crippen LogP contribution in [-0.2, 0) is 7.05 Å². The maximum atomic E-state index is 7.73. The van der Waals surface area contributed by atoms with Crippen LogP contribution in [0.25, 0.3) is 16.9 Å². The van der Waals surface area contributed by atoms with E-state index in [1.165, 1.54) is 0 Å². The summed E-state index contributed by atoms with van der Waals surface area (Å²) in [5.41, 5.74) is 9.10. The van der Waals surface area contributed by atoms with Crippen LogP contribution in [0.5, 0.6) is 0 Å². The average molecular weight is 280 g/mol. The van der Waals surface area contributed by atoms with Crippen LogP contribution < -0.4 is 5.73 Å². The van der Waals surface area contributed by atoms with E-state index in [1.807, 2.05) is 50.5 Å². The summed E-state index contributed by atoms with van der Waals surface area (Å²) in [5.74, 6) is 0.689. The standard InChI is InChI=1S/C15H16N6/c1-10-13(14(16)17)15(20(2)19-10)21-9-12(8-18-21)11-6-4-3-5-7-11/h3-9H,1-2H3,(H3,16,17). The van der Waals surface area contributed by atoms with Crippen LogP contribution in [0.3, 0.4) is 0 Å². The number of hydrogen-bond donors (Lipinski definition) is 2. The van der Waals surface area contributed by atoms with E-state index >= 15 is 0 Å². The summed E-state index contributed by atoms with van der Waals surface area (Å²) in [4.78, 5) is 0. The van der Waals surface area contributed by atoms with Crippen LogP contribution >= 0.6 is 0 Å². The molecule has 0 radical (unpaired) electrons. The van der Waals surface area contributed by atoms with Gasteiger partial charge in [-0.3, -0.25) is 10.1 Å². The van der Waals surface area contributed by atoms with Crippen molar-refractivity contribution in [3.8, 4) is 16.9 Å². The van der Waals surface area contributed by atoms with Crippen molar-refractivity contribution in [3.63, 3.8) is 0 Å². The Balaban J connectivity index is 2.11. The molecule has 0 unspecified atom stereocenters. The molecular formula is C15H16N6. The predicted molar refractivity (Wildman–Crippen MR) is 81.5 cm³/mol. The van der Waals surface area contributed by atoms with E-state index in [0.29, 0.717) is 11.4 Å². The second kappa shape index (κ2) is 4.90. The molecule has 2 aromatic heterocycles. The molecule has 6 heteroatoms. The molecule has 6 nitrogen and oxygen atoms in total. The number of hydrogen-bond acceptors (Lipinski definition) is 3. The molecule has 3 rings (SSSR count). The molecule has 0 aliphatic rings. The van der Waals surface area contributed by atoms with Crippen molar-refractivity contribution in [2.24, 2.45) is 12.8 Å². The quantitative estimate of drug-likeness (QED) is 0.567. The molecule has 0 fully saturated rings. The largest absolute Gasteiger partial charge is 0.384 e. The summed E-state index contributed by atoms with van der Waals surface area (Å²) >= 11 is 0. The van der Waals surface area contributed by atoms with E-state index in [2.05, 4.69) is 10.2 Å². The van der Waals surface area contributed by atoms with Gasteiger partial charge in [-0.05, 0) is 12.5 Å². The topological polar surface area (TPSA) is 85.5 Å². The summed E-state index contributed by atoms with van der Waals surface area (Å²) in [5, 5.41) is 16.4. The van der Waals surface area contributed by atoms with Gasteiger partial charge in [0.2, 0.25) is 0 Å². The molecule has 0 aliphatic carbocycles. The first-order chi connectivity index (χ1) is 10.1. The predicted octanol–water partition coefficient (Wildman–Crippen LogP) is 1.87. The molecule has 0 spiro atoms. The second-order valence-corrected chi connectivity index (χ2v) is 4.86. The number of aromatic nitrogens is 4. The van der Waals surface area contributed by atoms with Crippen molar-refractivity contribution in [2.75, 3.05) is 0 Å². The highest BCUT2D eigenvalue weighted by molar-refractivity contribution is 5.99. The summed E-state index contributed by atoms with van der Waals surface area (Å²) in [6, 6.07) is 10.0. The van der Waals surface area contributed by atoms with Crippen molar-refractivity contribution in [2.45, 2.75) is 6.92 Å². The number of aryl methyl sites for hydroxylation is 2. The summed E-state index contributed by atoms with van der Waals surface area (Å²) in [6.07, 6.45) is 3.71. The Hall–Kier alpha value is -2.89. The van der Waals surface area contributed by atoms with Crippen molar-refractivity contribution in [1.82, 2.24) is 19.6 Å². The van der Waals surface area contributed by atoms with Gasteiger partial charge in [-0.2, -0.15) is 10.2 Å². The average Bonchev–Trinajstić information content (AvgIpc) is 3.04. The van der Waals surface area contributed by atoms with Gasteiger partial charge in [-0.25, -0.2) is 4.68 Å². The highest BCUT2D eigenvalue weighted by Crippen LogP contribution is 2.22. The lowest BCUT2D eigenvalue weighted by Gasteiger charge is -2.05. The zero-order chi connectivity index (χ0) is 15.0. The number of nitrogens with zero attached hydrogens (tertiary/aromatic N) is 4. The highest BCUT2D eigenvalue weighted by Gasteiger charge is 2.18. The molecule has 3 aromatic rings. The van der Waals surface area contributed by atoms with E-state index in [0.717, 1.165) is 16.8 Å². The van der Waals surface area contributed by atoms with Crippen LogP contribution in [0.1, 0.15) is 11.3 Å². The third-order valence-corrected chi connectivity index (χ3v) is 3.37. The van der Waals surface area contributed by atoms with Crippen molar-refractivity contribution in [1.29, 1.82) is 5.41 Å². The molecule has 2 heterocycles. The SMILES string of the molecule is Cc1nn(C)c(-n2cc(-c3ccccc3)cn2)c1C(=N)N. The Morgan fingerprint density at radius 3 is 2.57 bits per heavy atom. The van der Waals surface area contributed by atoms with Crippen molar-refractivity contribution < 1.29 is 0 Å². The molecule has 3 N–H and O–H groups in total. The zero-order valence-electron chi connectivity index (χ0n) is 11.9. The van der Waals surface area contributed by atoms with Gasteiger partial charge in [0.25, 0.3) is 0 Å². The lowest BCUT2D eigenvalue weighted by atomic mass is 10.1. The zero-order valence-corrected chi connectivity index (χ0v) is 11.9. The number of rotatable bonds is 3. The van der Waals surface area contributed by atoms with Gasteiger partial charge in [0.1, 0.15) is 5.84 Å². The maximum Gasteiger partial charge on any atom is 0.162 e. The van der Waals surface area contributed by atoms with Crippen LogP contribution in [0, 0.1) is 12.3 Å². The summed E-state index contributed by atoms with van der Waals surface area (Å²) in [7, 11) is 1.82. The fraction of sp³-hybridized carbons (Fsp3) is 0.133. The first-order valence-electron chi connectivity index (χ1n) is 6.56. The van der Waals surface area contributed by atoms with E-state index < -0.39 is 0 Å². The highest BCUT2D eigenvalue weighted by atomic mass is 15.4. The van der Waals surface area contributed by atoms with Gasteiger partial charge >= 0.3 is 0 Å². The lowest BCUT2D eigenvalue weighted by Crippen LogP contribution is -2.16. The Kier molecular flexibility index (Phi) is 3.06. The molecule has 0 aliphatic heterocycles. The van der Waals surface area contributed by atoms with Gasteiger partial charge < -0.3 is 5.73 Å². The van der Waals surface area contributed by atoms with E-state index in [-0.39, 0.29) is 5.84 Å². The van der Waals surface area contributed by atoms with Crippen LogP contribution in [0.2, 0.25) is 0 Å². The second-order valence-electron chi connectivity index (χ2n) is 4.86. The molecule has 0 atom stereocenters. The van der Waals surface area contributed by atoms with E-state index in [9.17, 15) is 0 Å². The first kappa shape index (κ1) is 13.1. The van der Waals surface area contributed by atoms with E-state index in [1.54, 1.807) is 15.6 Å². The van der Waals surface area contributed by atoms with Crippen molar-refractivity contribution in [3.05, 3.63) is 54.0 Å². The van der Waals surface area contributed by atoms with Gasteiger partial charge in [0.15, 0.2) is 5.82 Å². The minimum Gasteiger partial charge on any atom is -0.384 e. The molecule has 106 valence electrons. The Morgan fingerprint density at radius 1 is 1.19 bits per heavy atom. The molecule has 0 bridgehead atoms. The molecule has 0 saturated heterocycles. The van der Waals surface area contributed by atoms with Gasteiger partial charge in [-0.15, -0.1) is 0 Å². The monoisotopic (exact) mass is 280 g/mol. The fourth-order valence-corrected chi connectivity index (χ4v) is 2.44. The molecular weight excluding hydrogens is 264 g/mol. The Bertz CT molecular complexity index is 797. The van der Waals surface area contributed by atoms with Gasteiger partial charge in [0, 0.05) is 18.8 Å². The maximum absolute atomic E-state index is 7.73. The van der Waals surface area contributed by atoms with Crippen molar-refractivity contribution >= 4 is 5.84 Å². The van der Waals surface area contributed by atoms with E-state index in [4.69, 9.17) is 11.1 Å². The number of benzene rings is 1. The third-order valence-electron chi connectivity index (χ3n) is 3.37. The summed E-state index contributed by atoms with van der Waals surface area (Å²) in [6.45, 7) is 1.84. The van der Waals surface area contributed by atoms with Crippen LogP contribution in [0.4, 0.5) is 0 Å². The Morgan fingerprint density at radius 2 is 1.90 bits per heavy atom. The van der Waals surface area contributed by atoms with Gasteiger partial charge in [0.05, 0.1) is 17.5 Å². The minimum absolute atomic E-state index is 0.00707. The number of nitrogen functional groups attached to an aromatic ring is 1. The lowest BCUT2D eigenvalue weighted by molar-refractivity contribution is 0.693. The van der Waals surface area contributed by atoms with Gasteiger partial charge in [-0.1, -0.05) is 30.3 Å². The van der Waals surface area contributed by atoms with Crippen LogP contribution in [-0.4, -0.2) is 25.4 Å². The minimum atomic E-state index is -0.00707.